The number of nitrogens with one attached hydrogen (secondary N) is 1. The van der Waals surface area contributed by atoms with Crippen molar-refractivity contribution >= 4 is 27.5 Å². The molecule has 2 amide bonds. The number of rotatable bonds is 12. The fraction of sp³-hybridized carbons (Fsp3) is 0.375. The number of carbonyl (C=O) groups is 2. The Balaban J connectivity index is 1.69. The Morgan fingerprint density at radius 3 is 1.98 bits per heavy atom. The maximum Gasteiger partial charge on any atom is 0.244 e. The standard InChI is InChI=1S/C32H39N3O4S/c1-3-25-18-20-29(21-19-25)35(40(2,38)39)24-31(36)34(23-27-14-8-5-9-15-27)30(22-26-12-6-4-7-13-26)32(37)33-28-16-10-11-17-28/h4-9,12-15,18-21,28,30H,3,10-11,16-17,22-24H2,1-2H3,(H,33,37). The Bertz CT molecular complexity index is 1360. The molecule has 1 fully saturated rings. The van der Waals surface area contributed by atoms with Crippen LogP contribution in [0.1, 0.15) is 49.3 Å². The molecular weight excluding hydrogens is 522 g/mol. The second-order valence-electron chi connectivity index (χ2n) is 10.5. The van der Waals surface area contributed by atoms with Gasteiger partial charge in [0.25, 0.3) is 0 Å². The summed E-state index contributed by atoms with van der Waals surface area (Å²) >= 11 is 0. The van der Waals surface area contributed by atoms with Gasteiger partial charge in [0.05, 0.1) is 11.9 Å². The third-order valence-electron chi connectivity index (χ3n) is 7.48. The fourth-order valence-corrected chi connectivity index (χ4v) is 6.06. The Labute approximate surface area is 238 Å². The summed E-state index contributed by atoms with van der Waals surface area (Å²) in [6.07, 6.45) is 6.23. The minimum absolute atomic E-state index is 0.0871. The van der Waals surface area contributed by atoms with E-state index in [1.165, 1.54) is 0 Å². The van der Waals surface area contributed by atoms with Crippen molar-refractivity contribution in [1.29, 1.82) is 0 Å². The zero-order valence-electron chi connectivity index (χ0n) is 23.3. The highest BCUT2D eigenvalue weighted by molar-refractivity contribution is 7.92. The normalized spacial score (nSPS) is 14.4. The third-order valence-corrected chi connectivity index (χ3v) is 8.62. The van der Waals surface area contributed by atoms with Gasteiger partial charge in [-0.1, -0.05) is 92.6 Å². The van der Waals surface area contributed by atoms with Gasteiger partial charge < -0.3 is 10.2 Å². The van der Waals surface area contributed by atoms with E-state index in [0.29, 0.717) is 12.1 Å². The van der Waals surface area contributed by atoms with Gasteiger partial charge >= 0.3 is 0 Å². The van der Waals surface area contributed by atoms with Crippen molar-refractivity contribution in [2.45, 2.75) is 64.1 Å². The van der Waals surface area contributed by atoms with Gasteiger partial charge in [0.1, 0.15) is 12.6 Å². The number of carbonyl (C=O) groups excluding carboxylic acids is 2. The number of anilines is 1. The second kappa shape index (κ2) is 13.6. The van der Waals surface area contributed by atoms with Crippen LogP contribution in [0.3, 0.4) is 0 Å². The van der Waals surface area contributed by atoms with Crippen molar-refractivity contribution in [2.75, 3.05) is 17.1 Å². The van der Waals surface area contributed by atoms with Gasteiger partial charge in [-0.05, 0) is 48.1 Å². The van der Waals surface area contributed by atoms with Crippen LogP contribution >= 0.6 is 0 Å². The first kappa shape index (κ1) is 29.3. The molecule has 0 aromatic heterocycles. The number of hydrogen-bond donors (Lipinski definition) is 1. The quantitative estimate of drug-likeness (QED) is 0.347. The van der Waals surface area contributed by atoms with Crippen molar-refractivity contribution in [3.8, 4) is 0 Å². The van der Waals surface area contributed by atoms with Gasteiger partial charge in [-0.2, -0.15) is 0 Å². The van der Waals surface area contributed by atoms with Gasteiger partial charge in [0.15, 0.2) is 0 Å². The smallest absolute Gasteiger partial charge is 0.244 e. The van der Waals surface area contributed by atoms with E-state index in [4.69, 9.17) is 0 Å². The number of hydrogen-bond acceptors (Lipinski definition) is 4. The molecule has 4 rings (SSSR count). The molecule has 1 saturated carbocycles. The van der Waals surface area contributed by atoms with Gasteiger partial charge in [0.2, 0.25) is 21.8 Å². The Kier molecular flexibility index (Phi) is 9.98. The predicted molar refractivity (Wildman–Crippen MR) is 159 cm³/mol. The zero-order chi connectivity index (χ0) is 28.5. The molecule has 3 aromatic carbocycles. The van der Waals surface area contributed by atoms with Crippen LogP contribution in [0.2, 0.25) is 0 Å². The molecule has 0 aliphatic heterocycles. The van der Waals surface area contributed by atoms with Crippen LogP contribution in [0, 0.1) is 0 Å². The molecule has 1 unspecified atom stereocenters. The first-order valence-electron chi connectivity index (χ1n) is 14.0. The fourth-order valence-electron chi connectivity index (χ4n) is 5.21. The van der Waals surface area contributed by atoms with Crippen LogP contribution in [0.25, 0.3) is 0 Å². The molecular formula is C32H39N3O4S. The summed E-state index contributed by atoms with van der Waals surface area (Å²) in [6.45, 7) is 1.80. The maximum absolute atomic E-state index is 14.1. The van der Waals surface area contributed by atoms with E-state index in [9.17, 15) is 18.0 Å². The molecule has 0 radical (unpaired) electrons. The van der Waals surface area contributed by atoms with Crippen molar-refractivity contribution < 1.29 is 18.0 Å². The SMILES string of the molecule is CCc1ccc(N(CC(=O)N(Cc2ccccc2)C(Cc2ccccc2)C(=O)NC2CCCC2)S(C)(=O)=O)cc1. The molecule has 0 saturated heterocycles. The average molecular weight is 562 g/mol. The lowest BCUT2D eigenvalue weighted by atomic mass is 10.0. The molecule has 8 heteroatoms. The lowest BCUT2D eigenvalue weighted by Gasteiger charge is -2.34. The molecule has 0 bridgehead atoms. The highest BCUT2D eigenvalue weighted by atomic mass is 32.2. The third kappa shape index (κ3) is 7.94. The number of sulfonamides is 1. The Morgan fingerprint density at radius 1 is 0.850 bits per heavy atom. The largest absolute Gasteiger partial charge is 0.352 e. The van der Waals surface area contributed by atoms with E-state index in [1.54, 1.807) is 17.0 Å². The van der Waals surface area contributed by atoms with Crippen LogP contribution in [0.15, 0.2) is 84.9 Å². The molecule has 3 aromatic rings. The summed E-state index contributed by atoms with van der Waals surface area (Å²) in [7, 11) is -3.78. The summed E-state index contributed by atoms with van der Waals surface area (Å²) in [4.78, 5) is 29.5. The van der Waals surface area contributed by atoms with Crippen molar-refractivity contribution in [3.05, 3.63) is 102 Å². The zero-order valence-corrected chi connectivity index (χ0v) is 24.1. The lowest BCUT2D eigenvalue weighted by Crippen LogP contribution is -2.54. The number of nitrogens with zero attached hydrogens (tertiary/aromatic N) is 2. The minimum atomic E-state index is -3.78. The van der Waals surface area contributed by atoms with Crippen LogP contribution in [0.4, 0.5) is 5.69 Å². The van der Waals surface area contributed by atoms with E-state index in [-0.39, 0.29) is 18.5 Å². The van der Waals surface area contributed by atoms with Crippen LogP contribution in [-0.4, -0.2) is 50.0 Å². The maximum atomic E-state index is 14.1. The monoisotopic (exact) mass is 561 g/mol. The minimum Gasteiger partial charge on any atom is -0.352 e. The van der Waals surface area contributed by atoms with Gasteiger partial charge in [0, 0.05) is 19.0 Å². The summed E-state index contributed by atoms with van der Waals surface area (Å²) in [5, 5.41) is 3.18. The molecule has 0 spiro atoms. The average Bonchev–Trinajstić information content (AvgIpc) is 3.47. The first-order valence-corrected chi connectivity index (χ1v) is 15.8. The first-order chi connectivity index (χ1) is 19.2. The molecule has 0 heterocycles. The molecule has 40 heavy (non-hydrogen) atoms. The van der Waals surface area contributed by atoms with E-state index in [2.05, 4.69) is 5.32 Å². The Hall–Kier alpha value is -3.65. The lowest BCUT2D eigenvalue weighted by molar-refractivity contribution is -0.140. The van der Waals surface area contributed by atoms with Gasteiger partial charge in [-0.25, -0.2) is 8.42 Å². The molecule has 7 nitrogen and oxygen atoms in total. The van der Waals surface area contributed by atoms with Crippen LogP contribution < -0.4 is 9.62 Å². The van der Waals surface area contributed by atoms with Crippen molar-refractivity contribution in [2.24, 2.45) is 0 Å². The van der Waals surface area contributed by atoms with E-state index in [0.717, 1.165) is 59.4 Å². The topological polar surface area (TPSA) is 86.8 Å². The molecule has 1 aliphatic carbocycles. The highest BCUT2D eigenvalue weighted by Crippen LogP contribution is 2.22. The van der Waals surface area contributed by atoms with Crippen molar-refractivity contribution in [3.63, 3.8) is 0 Å². The van der Waals surface area contributed by atoms with E-state index in [1.807, 2.05) is 79.7 Å². The Morgan fingerprint density at radius 2 is 1.43 bits per heavy atom. The molecule has 1 atom stereocenters. The van der Waals surface area contributed by atoms with E-state index >= 15 is 0 Å². The van der Waals surface area contributed by atoms with Gasteiger partial charge in [-0.3, -0.25) is 13.9 Å². The summed E-state index contributed by atoms with van der Waals surface area (Å²) in [6, 6.07) is 25.6. The second-order valence-corrected chi connectivity index (χ2v) is 12.4. The van der Waals surface area contributed by atoms with Crippen LogP contribution in [0.5, 0.6) is 0 Å². The molecule has 1 aliphatic rings. The van der Waals surface area contributed by atoms with E-state index < -0.39 is 28.5 Å². The van der Waals surface area contributed by atoms with Crippen molar-refractivity contribution in [1.82, 2.24) is 10.2 Å². The van der Waals surface area contributed by atoms with Gasteiger partial charge in [-0.15, -0.1) is 0 Å². The van der Waals surface area contributed by atoms with Crippen LogP contribution in [-0.2, 0) is 39.0 Å². The highest BCUT2D eigenvalue weighted by Gasteiger charge is 2.34. The number of benzene rings is 3. The summed E-state index contributed by atoms with van der Waals surface area (Å²) in [5.41, 5.74) is 3.28. The number of amides is 2. The predicted octanol–water partition coefficient (Wildman–Crippen LogP) is 4.71. The summed E-state index contributed by atoms with van der Waals surface area (Å²) in [5.74, 6) is -0.644. The molecule has 212 valence electrons. The number of aryl methyl sites for hydroxylation is 1. The summed E-state index contributed by atoms with van der Waals surface area (Å²) < 4.78 is 26.9. The molecule has 1 N–H and O–H groups in total.